The molecule has 0 N–H and O–H groups in total. The number of para-hydroxylation sites is 2. The summed E-state index contributed by atoms with van der Waals surface area (Å²) < 4.78 is 10.5. The first kappa shape index (κ1) is 20.3. The molecule has 0 fully saturated rings. The van der Waals surface area contributed by atoms with Crippen LogP contribution in [0.2, 0.25) is 5.02 Å². The lowest BCUT2D eigenvalue weighted by Gasteiger charge is -2.25. The minimum absolute atomic E-state index is 0.164. The summed E-state index contributed by atoms with van der Waals surface area (Å²) in [4.78, 5) is 26.1. The molecule has 1 unspecified atom stereocenters. The Labute approximate surface area is 162 Å². The highest BCUT2D eigenvalue weighted by Crippen LogP contribution is 2.23. The number of nitrogens with zero attached hydrogens (tertiary/aromatic N) is 2. The molecule has 2 aromatic rings. The highest BCUT2D eigenvalue weighted by Gasteiger charge is 2.25. The lowest BCUT2D eigenvalue weighted by atomic mass is 10.2. The number of rotatable bonds is 8. The van der Waals surface area contributed by atoms with Crippen molar-refractivity contribution in [3.8, 4) is 11.8 Å². The fourth-order valence-electron chi connectivity index (χ4n) is 2.34. The van der Waals surface area contributed by atoms with Gasteiger partial charge in [0.25, 0.3) is 5.91 Å². The van der Waals surface area contributed by atoms with Crippen LogP contribution in [0.15, 0.2) is 54.6 Å². The Balaban J connectivity index is 1.96. The van der Waals surface area contributed by atoms with Crippen molar-refractivity contribution in [2.24, 2.45) is 0 Å². The Hall–Kier alpha value is -3.04. The van der Waals surface area contributed by atoms with Crippen LogP contribution >= 0.6 is 11.6 Å². The molecule has 140 valence electrons. The smallest absolute Gasteiger partial charge is 0.344 e. The van der Waals surface area contributed by atoms with Crippen LogP contribution in [0.4, 0.5) is 5.69 Å². The van der Waals surface area contributed by atoms with Crippen molar-refractivity contribution in [2.45, 2.75) is 19.4 Å². The van der Waals surface area contributed by atoms with Gasteiger partial charge in [0.1, 0.15) is 5.75 Å². The second-order valence-electron chi connectivity index (χ2n) is 5.58. The number of nitriles is 1. The molecule has 2 rings (SSSR count). The Morgan fingerprint density at radius 1 is 1.15 bits per heavy atom. The van der Waals surface area contributed by atoms with Crippen LogP contribution in [0.3, 0.4) is 0 Å². The van der Waals surface area contributed by atoms with E-state index in [9.17, 15) is 9.59 Å². The summed E-state index contributed by atoms with van der Waals surface area (Å²) >= 11 is 5.96. The van der Waals surface area contributed by atoms with Crippen LogP contribution in [-0.4, -0.2) is 31.1 Å². The van der Waals surface area contributed by atoms with E-state index in [2.05, 4.69) is 0 Å². The van der Waals surface area contributed by atoms with Crippen molar-refractivity contribution in [1.29, 1.82) is 5.26 Å². The summed E-state index contributed by atoms with van der Waals surface area (Å²) in [5, 5.41) is 9.20. The standard InChI is InChI=1S/C20H19ClN2O4/c1-15(27-19(24)14-26-18-11-6-5-10-17(18)21)20(25)23(13-7-12-22)16-8-3-2-4-9-16/h2-6,8-11,15H,7,13-14H2,1H3. The number of halogens is 1. The van der Waals surface area contributed by atoms with Gasteiger partial charge in [-0.3, -0.25) is 4.79 Å². The summed E-state index contributed by atoms with van der Waals surface area (Å²) in [5.41, 5.74) is 0.632. The lowest BCUT2D eigenvalue weighted by molar-refractivity contribution is -0.155. The van der Waals surface area contributed by atoms with Crippen LogP contribution in [-0.2, 0) is 14.3 Å². The average molecular weight is 387 g/mol. The summed E-state index contributed by atoms with van der Waals surface area (Å²) in [6.45, 7) is 1.32. The molecule has 0 bridgehead atoms. The SMILES string of the molecule is CC(OC(=O)COc1ccccc1Cl)C(=O)N(CCC#N)c1ccccc1. The molecule has 6 nitrogen and oxygen atoms in total. The summed E-state index contributed by atoms with van der Waals surface area (Å²) in [7, 11) is 0. The van der Waals surface area contributed by atoms with E-state index in [-0.39, 0.29) is 19.6 Å². The molecule has 27 heavy (non-hydrogen) atoms. The Kier molecular flexibility index (Phi) is 7.65. The molecule has 7 heteroatoms. The van der Waals surface area contributed by atoms with Crippen LogP contribution in [0.5, 0.6) is 5.75 Å². The second-order valence-corrected chi connectivity index (χ2v) is 5.99. The molecule has 0 saturated carbocycles. The molecule has 0 aliphatic heterocycles. The van der Waals surface area contributed by atoms with Gasteiger partial charge in [0.15, 0.2) is 12.7 Å². The number of carbonyl (C=O) groups is 2. The van der Waals surface area contributed by atoms with Gasteiger partial charge in [-0.1, -0.05) is 41.9 Å². The topological polar surface area (TPSA) is 79.6 Å². The van der Waals surface area contributed by atoms with Crippen molar-refractivity contribution < 1.29 is 19.1 Å². The van der Waals surface area contributed by atoms with Gasteiger partial charge in [0.05, 0.1) is 17.5 Å². The number of anilines is 1. The van der Waals surface area contributed by atoms with Crippen LogP contribution < -0.4 is 9.64 Å². The van der Waals surface area contributed by atoms with E-state index in [1.54, 1.807) is 48.5 Å². The molecule has 0 aliphatic rings. The van der Waals surface area contributed by atoms with Crippen molar-refractivity contribution in [1.82, 2.24) is 0 Å². The minimum atomic E-state index is -1.02. The zero-order valence-corrected chi connectivity index (χ0v) is 15.6. The Morgan fingerprint density at radius 3 is 2.48 bits per heavy atom. The molecule has 1 amide bonds. The van der Waals surface area contributed by atoms with Gasteiger partial charge in [-0.15, -0.1) is 0 Å². The predicted octanol–water partition coefficient (Wildman–Crippen LogP) is 3.60. The maximum atomic E-state index is 12.7. The summed E-state index contributed by atoms with van der Waals surface area (Å²) in [5.74, 6) is -0.748. The lowest BCUT2D eigenvalue weighted by Crippen LogP contribution is -2.41. The summed E-state index contributed by atoms with van der Waals surface area (Å²) in [6, 6.07) is 17.7. The van der Waals surface area contributed by atoms with E-state index in [1.807, 2.05) is 12.1 Å². The van der Waals surface area contributed by atoms with Gasteiger partial charge < -0.3 is 14.4 Å². The molecule has 0 aliphatic carbocycles. The van der Waals surface area contributed by atoms with E-state index in [0.717, 1.165) is 0 Å². The average Bonchev–Trinajstić information content (AvgIpc) is 2.68. The number of hydrogen-bond acceptors (Lipinski definition) is 5. The van der Waals surface area contributed by atoms with Crippen molar-refractivity contribution in [3.63, 3.8) is 0 Å². The molecule has 0 saturated heterocycles. The molecule has 2 aromatic carbocycles. The quantitative estimate of drug-likeness (QED) is 0.647. The first-order chi connectivity index (χ1) is 13.0. The third-order valence-electron chi connectivity index (χ3n) is 3.62. The van der Waals surface area contributed by atoms with E-state index >= 15 is 0 Å². The first-order valence-corrected chi connectivity index (χ1v) is 8.71. The van der Waals surface area contributed by atoms with E-state index in [4.69, 9.17) is 26.3 Å². The van der Waals surface area contributed by atoms with Gasteiger partial charge in [-0.05, 0) is 31.2 Å². The van der Waals surface area contributed by atoms with Crippen molar-refractivity contribution in [3.05, 3.63) is 59.6 Å². The monoisotopic (exact) mass is 386 g/mol. The molecule has 0 radical (unpaired) electrons. The third-order valence-corrected chi connectivity index (χ3v) is 3.93. The van der Waals surface area contributed by atoms with E-state index in [1.165, 1.54) is 11.8 Å². The molecular weight excluding hydrogens is 368 g/mol. The molecule has 0 spiro atoms. The Bertz CT molecular complexity index is 820. The molecule has 1 atom stereocenters. The van der Waals surface area contributed by atoms with Gasteiger partial charge in [0, 0.05) is 12.2 Å². The van der Waals surface area contributed by atoms with Crippen LogP contribution in [0.1, 0.15) is 13.3 Å². The highest BCUT2D eigenvalue weighted by atomic mass is 35.5. The molecule has 0 aromatic heterocycles. The van der Waals surface area contributed by atoms with Crippen LogP contribution in [0, 0.1) is 11.3 Å². The number of esters is 1. The zero-order chi connectivity index (χ0) is 19.6. The number of ether oxygens (including phenoxy) is 2. The predicted molar refractivity (Wildman–Crippen MR) is 102 cm³/mol. The third kappa shape index (κ3) is 6.01. The van der Waals surface area contributed by atoms with Gasteiger partial charge >= 0.3 is 5.97 Å². The zero-order valence-electron chi connectivity index (χ0n) is 14.8. The maximum Gasteiger partial charge on any atom is 0.344 e. The maximum absolute atomic E-state index is 12.7. The molecular formula is C20H19ClN2O4. The number of benzene rings is 2. The first-order valence-electron chi connectivity index (χ1n) is 8.33. The molecule has 0 heterocycles. The normalized spacial score (nSPS) is 11.1. The van der Waals surface area contributed by atoms with E-state index < -0.39 is 18.0 Å². The van der Waals surface area contributed by atoms with Gasteiger partial charge in [-0.25, -0.2) is 4.79 Å². The number of amides is 1. The summed E-state index contributed by atoms with van der Waals surface area (Å²) in [6.07, 6.45) is -0.858. The fourth-order valence-corrected chi connectivity index (χ4v) is 2.53. The van der Waals surface area contributed by atoms with Gasteiger partial charge in [-0.2, -0.15) is 5.26 Å². The fraction of sp³-hybridized carbons (Fsp3) is 0.250. The number of carbonyl (C=O) groups excluding carboxylic acids is 2. The van der Waals surface area contributed by atoms with Crippen molar-refractivity contribution >= 4 is 29.2 Å². The van der Waals surface area contributed by atoms with Crippen LogP contribution in [0.25, 0.3) is 0 Å². The Morgan fingerprint density at radius 2 is 1.81 bits per heavy atom. The van der Waals surface area contributed by atoms with E-state index in [0.29, 0.717) is 16.5 Å². The second kappa shape index (κ2) is 10.2. The van der Waals surface area contributed by atoms with Crippen molar-refractivity contribution in [2.75, 3.05) is 18.1 Å². The largest absolute Gasteiger partial charge is 0.480 e. The highest BCUT2D eigenvalue weighted by molar-refractivity contribution is 6.32. The van der Waals surface area contributed by atoms with Gasteiger partial charge in [0.2, 0.25) is 0 Å². The minimum Gasteiger partial charge on any atom is -0.480 e. The number of hydrogen-bond donors (Lipinski definition) is 0.